The van der Waals surface area contributed by atoms with Gasteiger partial charge in [0.15, 0.2) is 5.82 Å². The number of hydrogen-bond acceptors (Lipinski definition) is 7. The first-order valence-corrected chi connectivity index (χ1v) is 14.1. The molecule has 0 aliphatic carbocycles. The molecule has 0 amide bonds. The van der Waals surface area contributed by atoms with E-state index in [1.54, 1.807) is 42.0 Å². The fourth-order valence-corrected chi connectivity index (χ4v) is 6.52. The van der Waals surface area contributed by atoms with Crippen LogP contribution in [0.2, 0.25) is 0 Å². The van der Waals surface area contributed by atoms with Crippen molar-refractivity contribution in [3.05, 3.63) is 77.1 Å². The third-order valence-corrected chi connectivity index (χ3v) is 8.86. The number of H-pyrrole nitrogens is 1. The van der Waals surface area contributed by atoms with Crippen molar-refractivity contribution < 1.29 is 22.0 Å². The number of ketones is 1. The number of anilines is 1. The molecule has 0 aliphatic rings. The van der Waals surface area contributed by atoms with Crippen LogP contribution in [0.25, 0.3) is 31.4 Å². The number of carbonyl (C=O) groups excluding carboxylic acids is 1. The van der Waals surface area contributed by atoms with Crippen molar-refractivity contribution in [2.24, 2.45) is 0 Å². The molecule has 7 nitrogen and oxygen atoms in total. The van der Waals surface area contributed by atoms with E-state index in [2.05, 4.69) is 19.7 Å². The van der Waals surface area contributed by atoms with E-state index in [1.807, 2.05) is 23.6 Å². The first kappa shape index (κ1) is 24.2. The molecule has 36 heavy (non-hydrogen) atoms. The zero-order chi connectivity index (χ0) is 25.4. The van der Waals surface area contributed by atoms with E-state index in [0.717, 1.165) is 32.5 Å². The molecular weight excluding hydrogens is 526 g/mol. The van der Waals surface area contributed by atoms with Crippen LogP contribution in [0.3, 0.4) is 0 Å². The average Bonchev–Trinajstić information content (AvgIpc) is 3.60. The summed E-state index contributed by atoms with van der Waals surface area (Å²) in [6.07, 6.45) is 3.70. The highest BCUT2D eigenvalue weighted by molar-refractivity contribution is 7.92. The molecule has 0 fully saturated rings. The quantitative estimate of drug-likeness (QED) is 0.231. The van der Waals surface area contributed by atoms with Gasteiger partial charge < -0.3 is 4.98 Å². The molecule has 5 rings (SSSR count). The fourth-order valence-electron chi connectivity index (χ4n) is 3.69. The van der Waals surface area contributed by atoms with Gasteiger partial charge in [0.2, 0.25) is 15.8 Å². The molecule has 12 heteroatoms. The zero-order valence-corrected chi connectivity index (χ0v) is 21.2. The Hall–Kier alpha value is -3.48. The Morgan fingerprint density at radius 3 is 2.67 bits per heavy atom. The smallest absolute Gasteiger partial charge is 0.232 e. The monoisotopic (exact) mass is 544 g/mol. The highest BCUT2D eigenvalue weighted by atomic mass is 32.2. The lowest BCUT2D eigenvalue weighted by Crippen LogP contribution is -2.18. The van der Waals surface area contributed by atoms with Crippen molar-refractivity contribution >= 4 is 55.2 Å². The molecule has 0 bridgehead atoms. The minimum Gasteiger partial charge on any atom is -0.337 e. The minimum absolute atomic E-state index is 0.0735. The van der Waals surface area contributed by atoms with Crippen LogP contribution in [0, 0.1) is 11.6 Å². The number of halogens is 2. The Morgan fingerprint density at radius 2 is 1.92 bits per heavy atom. The van der Waals surface area contributed by atoms with Crippen LogP contribution < -0.4 is 4.72 Å². The van der Waals surface area contributed by atoms with Crippen LogP contribution in [-0.2, 0) is 10.0 Å². The molecular formula is C24H18F2N4O3S3. The Balaban J connectivity index is 1.47. The van der Waals surface area contributed by atoms with Crippen LogP contribution in [0.1, 0.15) is 29.4 Å². The number of aromatic amines is 1. The molecule has 0 saturated carbocycles. The van der Waals surface area contributed by atoms with Gasteiger partial charge in [-0.2, -0.15) is 0 Å². The van der Waals surface area contributed by atoms with E-state index < -0.39 is 38.7 Å². The van der Waals surface area contributed by atoms with Crippen LogP contribution in [0.15, 0.2) is 54.2 Å². The fraction of sp³-hybridized carbons (Fsp3) is 0.125. The van der Waals surface area contributed by atoms with Gasteiger partial charge in [0.25, 0.3) is 0 Å². The predicted octanol–water partition coefficient (Wildman–Crippen LogP) is 6.08. The van der Waals surface area contributed by atoms with Crippen LogP contribution in [0.4, 0.5) is 14.5 Å². The Bertz CT molecular complexity index is 1690. The summed E-state index contributed by atoms with van der Waals surface area (Å²) in [5.41, 5.74) is -0.226. The SMILES string of the molecule is CCCS(=O)(=O)Nc1ccc(F)c(C(=O)c2cc3cc(-c4ccc(-c5nccs5)s4)cnc3[nH]2)c1F. The molecule has 0 aliphatic heterocycles. The van der Waals surface area contributed by atoms with Gasteiger partial charge in [-0.3, -0.25) is 9.52 Å². The van der Waals surface area contributed by atoms with Crippen molar-refractivity contribution in [2.45, 2.75) is 13.3 Å². The number of fused-ring (bicyclic) bond motifs is 1. The molecule has 0 spiro atoms. The van der Waals surface area contributed by atoms with Gasteiger partial charge in [-0.05, 0) is 42.8 Å². The van der Waals surface area contributed by atoms with Crippen molar-refractivity contribution in [1.29, 1.82) is 0 Å². The number of sulfonamides is 1. The number of aromatic nitrogens is 3. The second-order valence-electron chi connectivity index (χ2n) is 7.88. The summed E-state index contributed by atoms with van der Waals surface area (Å²) in [6.45, 7) is 1.66. The zero-order valence-electron chi connectivity index (χ0n) is 18.7. The lowest BCUT2D eigenvalue weighted by Gasteiger charge is -2.11. The third kappa shape index (κ3) is 4.66. The summed E-state index contributed by atoms with van der Waals surface area (Å²) in [4.78, 5) is 26.5. The molecule has 2 N–H and O–H groups in total. The largest absolute Gasteiger partial charge is 0.337 e. The molecule has 184 valence electrons. The summed E-state index contributed by atoms with van der Waals surface area (Å²) in [5.74, 6) is -3.57. The van der Waals surface area contributed by atoms with Crippen molar-refractivity contribution in [2.75, 3.05) is 10.5 Å². The highest BCUT2D eigenvalue weighted by Gasteiger charge is 2.25. The van der Waals surface area contributed by atoms with Crippen LogP contribution in [-0.4, -0.2) is 34.9 Å². The van der Waals surface area contributed by atoms with Gasteiger partial charge in [-0.25, -0.2) is 27.2 Å². The molecule has 0 saturated heterocycles. The molecule has 1 aromatic carbocycles. The van der Waals surface area contributed by atoms with Crippen molar-refractivity contribution in [3.8, 4) is 20.3 Å². The molecule has 4 aromatic heterocycles. The van der Waals surface area contributed by atoms with E-state index in [9.17, 15) is 17.6 Å². The average molecular weight is 545 g/mol. The summed E-state index contributed by atoms with van der Waals surface area (Å²) in [5, 5.41) is 3.40. The molecule has 5 aromatic rings. The van der Waals surface area contributed by atoms with Crippen molar-refractivity contribution in [3.63, 3.8) is 0 Å². The highest BCUT2D eigenvalue weighted by Crippen LogP contribution is 2.36. The number of nitrogens with one attached hydrogen (secondary N) is 2. The second-order valence-corrected chi connectivity index (χ2v) is 11.7. The second kappa shape index (κ2) is 9.52. The number of thiophene rings is 1. The number of pyridine rings is 1. The Morgan fingerprint density at radius 1 is 1.11 bits per heavy atom. The summed E-state index contributed by atoms with van der Waals surface area (Å²) in [6, 6.07) is 9.04. The summed E-state index contributed by atoms with van der Waals surface area (Å²) < 4.78 is 55.8. The molecule has 0 unspecified atom stereocenters. The van der Waals surface area contributed by atoms with E-state index in [0.29, 0.717) is 17.5 Å². The van der Waals surface area contributed by atoms with Crippen LogP contribution in [0.5, 0.6) is 0 Å². The third-order valence-electron chi connectivity index (χ3n) is 5.30. The maximum absolute atomic E-state index is 15.1. The standard InChI is InChI=1S/C24H18F2N4O3S3/c1-2-9-36(32,33)30-16-4-3-15(25)20(21(16)26)22(31)17-11-13-10-14(12-28-23(13)29-17)18-5-6-19(35-18)24-27-7-8-34-24/h3-8,10-12,30H,2,9H2,1H3,(H,28,29). The van der Waals surface area contributed by atoms with Gasteiger partial charge in [0, 0.05) is 33.6 Å². The number of rotatable bonds is 8. The number of benzene rings is 1. The number of carbonyl (C=O) groups is 1. The maximum atomic E-state index is 15.1. The lowest BCUT2D eigenvalue weighted by atomic mass is 10.1. The molecule has 0 atom stereocenters. The number of thiazole rings is 1. The van der Waals surface area contributed by atoms with E-state index in [-0.39, 0.29) is 11.4 Å². The normalized spacial score (nSPS) is 11.8. The first-order valence-electron chi connectivity index (χ1n) is 10.8. The number of hydrogen-bond donors (Lipinski definition) is 2. The van der Waals surface area contributed by atoms with Gasteiger partial charge >= 0.3 is 0 Å². The van der Waals surface area contributed by atoms with Crippen LogP contribution >= 0.6 is 22.7 Å². The molecule has 0 radical (unpaired) electrons. The van der Waals surface area contributed by atoms with E-state index in [1.165, 1.54) is 6.07 Å². The van der Waals surface area contributed by atoms with E-state index >= 15 is 4.39 Å². The minimum atomic E-state index is -3.84. The van der Waals surface area contributed by atoms with E-state index in [4.69, 9.17) is 0 Å². The van der Waals surface area contributed by atoms with Gasteiger partial charge in [-0.1, -0.05) is 6.92 Å². The summed E-state index contributed by atoms with van der Waals surface area (Å²) >= 11 is 3.09. The van der Waals surface area contributed by atoms with Gasteiger partial charge in [0.1, 0.15) is 16.5 Å². The summed E-state index contributed by atoms with van der Waals surface area (Å²) in [7, 11) is -3.84. The molecule has 4 heterocycles. The van der Waals surface area contributed by atoms with Crippen molar-refractivity contribution in [1.82, 2.24) is 15.0 Å². The lowest BCUT2D eigenvalue weighted by molar-refractivity contribution is 0.102. The Kier molecular flexibility index (Phi) is 6.41. The topological polar surface area (TPSA) is 105 Å². The predicted molar refractivity (Wildman–Crippen MR) is 138 cm³/mol. The van der Waals surface area contributed by atoms with Gasteiger partial charge in [0.05, 0.1) is 27.6 Å². The number of nitrogens with zero attached hydrogens (tertiary/aromatic N) is 2. The van der Waals surface area contributed by atoms with Gasteiger partial charge in [-0.15, -0.1) is 22.7 Å². The first-order chi connectivity index (χ1) is 17.3. The Labute approximate surface area is 212 Å². The maximum Gasteiger partial charge on any atom is 0.232 e.